The summed E-state index contributed by atoms with van der Waals surface area (Å²) < 4.78 is 0. The van der Waals surface area contributed by atoms with Crippen molar-refractivity contribution >= 4 is 0 Å². The van der Waals surface area contributed by atoms with Crippen LogP contribution in [0.1, 0.15) is 12.8 Å². The van der Waals surface area contributed by atoms with Crippen molar-refractivity contribution in [1.82, 2.24) is 0 Å². The Bertz CT molecular complexity index is 106. The Morgan fingerprint density at radius 2 is 1.50 bits per heavy atom. The Labute approximate surface area is 59.3 Å². The van der Waals surface area contributed by atoms with E-state index in [0.717, 1.165) is 0 Å². The Hall–Kier alpha value is -0.160. The van der Waals surface area contributed by atoms with Gasteiger partial charge in [0.15, 0.2) is 0 Å². The summed E-state index contributed by atoms with van der Waals surface area (Å²) in [5.41, 5.74) is 5.35. The zero-order valence-electron chi connectivity index (χ0n) is 5.64. The highest BCUT2D eigenvalue weighted by molar-refractivity contribution is 4.89. The van der Waals surface area contributed by atoms with E-state index in [4.69, 9.17) is 21.1 Å². The lowest BCUT2D eigenvalue weighted by Crippen LogP contribution is -2.54. The molecule has 1 rings (SSSR count). The average molecular weight is 147 g/mol. The molecule has 0 aromatic rings. The molecule has 60 valence electrons. The number of aliphatic hydroxyl groups excluding tert-OH is 3. The van der Waals surface area contributed by atoms with Gasteiger partial charge in [-0.25, -0.2) is 0 Å². The number of aliphatic hydroxyl groups is 3. The third kappa shape index (κ3) is 1.29. The van der Waals surface area contributed by atoms with Crippen LogP contribution in [0.3, 0.4) is 0 Å². The first-order valence-electron chi connectivity index (χ1n) is 3.42. The van der Waals surface area contributed by atoms with Crippen LogP contribution in [0.5, 0.6) is 0 Å². The molecule has 1 fully saturated rings. The van der Waals surface area contributed by atoms with Crippen molar-refractivity contribution in [1.29, 1.82) is 0 Å². The Morgan fingerprint density at radius 1 is 1.00 bits per heavy atom. The number of hydrogen-bond donors (Lipinski definition) is 4. The van der Waals surface area contributed by atoms with Gasteiger partial charge in [-0.1, -0.05) is 0 Å². The summed E-state index contributed by atoms with van der Waals surface area (Å²) >= 11 is 0. The molecule has 10 heavy (non-hydrogen) atoms. The first-order valence-corrected chi connectivity index (χ1v) is 3.42. The molecule has 0 aromatic heterocycles. The van der Waals surface area contributed by atoms with E-state index < -0.39 is 24.4 Å². The number of hydrogen-bond acceptors (Lipinski definition) is 4. The van der Waals surface area contributed by atoms with E-state index in [1.165, 1.54) is 0 Å². The highest BCUT2D eigenvalue weighted by Crippen LogP contribution is 2.17. The second kappa shape index (κ2) is 2.84. The van der Waals surface area contributed by atoms with Crippen LogP contribution >= 0.6 is 0 Å². The van der Waals surface area contributed by atoms with Crippen LogP contribution in [-0.4, -0.2) is 39.7 Å². The molecule has 0 heterocycles. The minimum absolute atomic E-state index is 0.427. The second-order valence-corrected chi connectivity index (χ2v) is 2.78. The Morgan fingerprint density at radius 3 is 2.00 bits per heavy atom. The topological polar surface area (TPSA) is 86.7 Å². The van der Waals surface area contributed by atoms with Gasteiger partial charge in [-0.15, -0.1) is 0 Å². The van der Waals surface area contributed by atoms with Crippen LogP contribution in [0.15, 0.2) is 0 Å². The molecule has 0 spiro atoms. The summed E-state index contributed by atoms with van der Waals surface area (Å²) in [5.74, 6) is 0. The third-order valence-electron chi connectivity index (χ3n) is 1.99. The van der Waals surface area contributed by atoms with Crippen molar-refractivity contribution in [2.45, 2.75) is 37.2 Å². The van der Waals surface area contributed by atoms with Gasteiger partial charge in [-0.05, 0) is 12.8 Å². The van der Waals surface area contributed by atoms with Crippen molar-refractivity contribution in [2.75, 3.05) is 0 Å². The lowest BCUT2D eigenvalue weighted by molar-refractivity contribution is -0.0645. The second-order valence-electron chi connectivity index (χ2n) is 2.78. The number of rotatable bonds is 0. The first kappa shape index (κ1) is 7.94. The largest absolute Gasteiger partial charge is 0.391 e. The quantitative estimate of drug-likeness (QED) is 0.325. The fraction of sp³-hybridized carbons (Fsp3) is 1.00. The van der Waals surface area contributed by atoms with Crippen molar-refractivity contribution < 1.29 is 15.3 Å². The molecule has 0 radical (unpaired) electrons. The van der Waals surface area contributed by atoms with E-state index in [1.807, 2.05) is 0 Å². The maximum absolute atomic E-state index is 9.08. The van der Waals surface area contributed by atoms with Crippen molar-refractivity contribution in [2.24, 2.45) is 5.73 Å². The van der Waals surface area contributed by atoms with E-state index in [2.05, 4.69) is 0 Å². The van der Waals surface area contributed by atoms with Crippen LogP contribution in [0, 0.1) is 0 Å². The fourth-order valence-electron chi connectivity index (χ4n) is 1.19. The molecule has 4 heteroatoms. The van der Waals surface area contributed by atoms with Crippen LogP contribution in [0.25, 0.3) is 0 Å². The SMILES string of the molecule is N[C@@H]1[C@@H](O)[C@@H](O)CC[C@H]1O. The van der Waals surface area contributed by atoms with Crippen molar-refractivity contribution in [3.8, 4) is 0 Å². The summed E-state index contributed by atoms with van der Waals surface area (Å²) in [6.07, 6.45) is -1.50. The minimum atomic E-state index is -0.969. The molecule has 4 nitrogen and oxygen atoms in total. The van der Waals surface area contributed by atoms with E-state index in [1.54, 1.807) is 0 Å². The first-order chi connectivity index (χ1) is 4.63. The predicted octanol–water partition coefficient (Wildman–Crippen LogP) is -1.81. The van der Waals surface area contributed by atoms with Crippen LogP contribution in [0.2, 0.25) is 0 Å². The summed E-state index contributed by atoms with van der Waals surface area (Å²) in [6, 6.07) is -0.691. The lowest BCUT2D eigenvalue weighted by Gasteiger charge is -2.32. The van der Waals surface area contributed by atoms with Crippen LogP contribution in [-0.2, 0) is 0 Å². The summed E-state index contributed by atoms with van der Waals surface area (Å²) in [7, 11) is 0. The highest BCUT2D eigenvalue weighted by Gasteiger charge is 2.33. The Kier molecular flexibility index (Phi) is 2.25. The predicted molar refractivity (Wildman–Crippen MR) is 35.2 cm³/mol. The standard InChI is InChI=1S/C6H13NO3/c7-5-3(8)1-2-4(9)6(5)10/h3-6,8-10H,1-2,7H2/t3-,4+,5+,6+/m1/s1. The van der Waals surface area contributed by atoms with Gasteiger partial charge >= 0.3 is 0 Å². The molecule has 0 aromatic carbocycles. The van der Waals surface area contributed by atoms with Crippen LogP contribution < -0.4 is 5.73 Å². The van der Waals surface area contributed by atoms with Crippen LogP contribution in [0.4, 0.5) is 0 Å². The molecule has 1 aliphatic carbocycles. The highest BCUT2D eigenvalue weighted by atomic mass is 16.3. The van der Waals surface area contributed by atoms with Gasteiger partial charge in [0.25, 0.3) is 0 Å². The summed E-state index contributed by atoms with van der Waals surface area (Å²) in [6.45, 7) is 0. The molecule has 1 saturated carbocycles. The Balaban J connectivity index is 2.52. The van der Waals surface area contributed by atoms with Gasteiger partial charge < -0.3 is 21.1 Å². The third-order valence-corrected chi connectivity index (χ3v) is 1.99. The minimum Gasteiger partial charge on any atom is -0.391 e. The van der Waals surface area contributed by atoms with Crippen molar-refractivity contribution in [3.05, 3.63) is 0 Å². The molecule has 1 aliphatic rings. The smallest absolute Gasteiger partial charge is 0.0974 e. The number of nitrogens with two attached hydrogens (primary N) is 1. The fourth-order valence-corrected chi connectivity index (χ4v) is 1.19. The zero-order chi connectivity index (χ0) is 7.72. The summed E-state index contributed by atoms with van der Waals surface area (Å²) in [5, 5.41) is 27.2. The molecule has 0 aliphatic heterocycles. The molecule has 5 N–H and O–H groups in total. The van der Waals surface area contributed by atoms with E-state index in [0.29, 0.717) is 12.8 Å². The van der Waals surface area contributed by atoms with Gasteiger partial charge in [0, 0.05) is 0 Å². The molecule has 0 bridgehead atoms. The average Bonchev–Trinajstić information content (AvgIpc) is 1.93. The van der Waals surface area contributed by atoms with Gasteiger partial charge in [-0.2, -0.15) is 0 Å². The summed E-state index contributed by atoms with van der Waals surface area (Å²) in [4.78, 5) is 0. The molecular weight excluding hydrogens is 134 g/mol. The maximum atomic E-state index is 9.08. The molecule has 4 atom stereocenters. The van der Waals surface area contributed by atoms with Crippen molar-refractivity contribution in [3.63, 3.8) is 0 Å². The molecule has 0 amide bonds. The maximum Gasteiger partial charge on any atom is 0.0974 e. The van der Waals surface area contributed by atoms with E-state index in [9.17, 15) is 0 Å². The normalized spacial score (nSPS) is 49.2. The molecule has 0 saturated heterocycles. The zero-order valence-corrected chi connectivity index (χ0v) is 5.64. The monoisotopic (exact) mass is 147 g/mol. The molecular formula is C6H13NO3. The van der Waals surface area contributed by atoms with E-state index in [-0.39, 0.29) is 0 Å². The van der Waals surface area contributed by atoms with Gasteiger partial charge in [-0.3, -0.25) is 0 Å². The van der Waals surface area contributed by atoms with Gasteiger partial charge in [0.2, 0.25) is 0 Å². The lowest BCUT2D eigenvalue weighted by atomic mass is 9.88. The van der Waals surface area contributed by atoms with E-state index >= 15 is 0 Å². The van der Waals surface area contributed by atoms with Gasteiger partial charge in [0.1, 0.15) is 0 Å². The van der Waals surface area contributed by atoms with Gasteiger partial charge in [0.05, 0.1) is 24.4 Å². The molecule has 0 unspecified atom stereocenters.